The lowest BCUT2D eigenvalue weighted by molar-refractivity contribution is 0.0592. The molecule has 0 saturated heterocycles. The summed E-state index contributed by atoms with van der Waals surface area (Å²) in [6.07, 6.45) is 3.94. The Morgan fingerprint density at radius 3 is 2.62 bits per heavy atom. The summed E-state index contributed by atoms with van der Waals surface area (Å²) in [7, 11) is 1.32. The molecule has 0 aliphatic heterocycles. The van der Waals surface area contributed by atoms with Gasteiger partial charge in [-0.3, -0.25) is 0 Å². The van der Waals surface area contributed by atoms with E-state index in [4.69, 9.17) is 4.74 Å². The molecule has 4 aromatic rings. The summed E-state index contributed by atoms with van der Waals surface area (Å²) >= 11 is 0. The highest BCUT2D eigenvalue weighted by molar-refractivity contribution is 5.91. The molecule has 1 N–H and O–H groups in total. The molecule has 0 aliphatic carbocycles. The van der Waals surface area contributed by atoms with Crippen LogP contribution in [0.5, 0.6) is 0 Å². The van der Waals surface area contributed by atoms with Crippen LogP contribution in [0.2, 0.25) is 0 Å². The van der Waals surface area contributed by atoms with Gasteiger partial charge in [-0.2, -0.15) is 0 Å². The minimum absolute atomic E-state index is 0.361. The van der Waals surface area contributed by atoms with Crippen LogP contribution >= 0.6 is 0 Å². The van der Waals surface area contributed by atoms with Crippen molar-refractivity contribution in [2.75, 3.05) is 7.11 Å². The molecule has 0 radical (unpaired) electrons. The lowest BCUT2D eigenvalue weighted by atomic mass is 9.96. The van der Waals surface area contributed by atoms with E-state index >= 15 is 0 Å². The van der Waals surface area contributed by atoms with Gasteiger partial charge in [0.05, 0.1) is 30.0 Å². The van der Waals surface area contributed by atoms with Crippen LogP contribution in [0.25, 0.3) is 23.1 Å². The Morgan fingerprint density at radius 1 is 1.00 bits per heavy atom. The van der Waals surface area contributed by atoms with Crippen LogP contribution in [0, 0.1) is 11.6 Å². The fourth-order valence-electron chi connectivity index (χ4n) is 3.80. The van der Waals surface area contributed by atoms with Crippen LogP contribution in [-0.2, 0) is 11.2 Å². The van der Waals surface area contributed by atoms with Crippen molar-refractivity contribution < 1.29 is 23.4 Å². The van der Waals surface area contributed by atoms with Crippen LogP contribution in [0.3, 0.4) is 0 Å². The molecule has 1 atom stereocenters. The highest BCUT2D eigenvalue weighted by Crippen LogP contribution is 2.24. The van der Waals surface area contributed by atoms with Gasteiger partial charge in [0, 0.05) is 11.5 Å². The number of aliphatic hydroxyl groups is 1. The number of aryl methyl sites for hydroxylation is 1. The summed E-state index contributed by atoms with van der Waals surface area (Å²) < 4.78 is 31.7. The molecule has 1 heterocycles. The Labute approximate surface area is 196 Å². The lowest BCUT2D eigenvalue weighted by Gasteiger charge is -2.14. The average molecular weight is 459 g/mol. The van der Waals surface area contributed by atoms with Gasteiger partial charge in [-0.1, -0.05) is 54.6 Å². The van der Waals surface area contributed by atoms with Crippen molar-refractivity contribution in [3.8, 4) is 0 Å². The number of rotatable bonds is 7. The predicted octanol–water partition coefficient (Wildman–Crippen LogP) is 6.14. The minimum atomic E-state index is -0.926. The average Bonchev–Trinajstić information content (AvgIpc) is 2.86. The Hall–Kier alpha value is -3.90. The molecule has 172 valence electrons. The topological polar surface area (TPSA) is 59.4 Å². The Kier molecular flexibility index (Phi) is 7.09. The van der Waals surface area contributed by atoms with Crippen molar-refractivity contribution in [1.82, 2.24) is 4.98 Å². The first-order valence-electron chi connectivity index (χ1n) is 10.8. The van der Waals surface area contributed by atoms with Crippen molar-refractivity contribution in [2.24, 2.45) is 0 Å². The molecule has 34 heavy (non-hydrogen) atoms. The first-order valence-corrected chi connectivity index (χ1v) is 10.8. The van der Waals surface area contributed by atoms with Gasteiger partial charge in [-0.15, -0.1) is 0 Å². The number of benzene rings is 3. The largest absolute Gasteiger partial charge is 0.465 e. The molecule has 0 amide bonds. The van der Waals surface area contributed by atoms with Crippen molar-refractivity contribution in [1.29, 1.82) is 0 Å². The zero-order valence-electron chi connectivity index (χ0n) is 18.5. The molecule has 6 heteroatoms. The van der Waals surface area contributed by atoms with E-state index in [9.17, 15) is 18.7 Å². The quantitative estimate of drug-likeness (QED) is 0.338. The molecule has 4 nitrogen and oxygen atoms in total. The summed E-state index contributed by atoms with van der Waals surface area (Å²) in [6.45, 7) is 0. The second-order valence-corrected chi connectivity index (χ2v) is 7.91. The van der Waals surface area contributed by atoms with Crippen molar-refractivity contribution in [3.63, 3.8) is 0 Å². The van der Waals surface area contributed by atoms with Gasteiger partial charge in [0.25, 0.3) is 0 Å². The van der Waals surface area contributed by atoms with E-state index in [1.165, 1.54) is 7.11 Å². The van der Waals surface area contributed by atoms with Gasteiger partial charge in [-0.05, 0) is 53.8 Å². The van der Waals surface area contributed by atoms with Gasteiger partial charge >= 0.3 is 5.97 Å². The molecule has 0 aliphatic rings. The Bertz CT molecular complexity index is 1370. The molecule has 0 spiro atoms. The number of nitrogens with zero attached hydrogens (tertiary/aromatic N) is 1. The van der Waals surface area contributed by atoms with Crippen LogP contribution in [0.1, 0.15) is 45.3 Å². The molecule has 0 saturated carbocycles. The normalized spacial score (nSPS) is 12.2. The molecule has 0 unspecified atom stereocenters. The second kappa shape index (κ2) is 10.4. The van der Waals surface area contributed by atoms with Crippen LogP contribution in [0.15, 0.2) is 72.8 Å². The van der Waals surface area contributed by atoms with Crippen LogP contribution in [0.4, 0.5) is 8.78 Å². The van der Waals surface area contributed by atoms with Crippen LogP contribution in [-0.4, -0.2) is 23.2 Å². The highest BCUT2D eigenvalue weighted by Gasteiger charge is 2.17. The van der Waals surface area contributed by atoms with Crippen LogP contribution < -0.4 is 0 Å². The van der Waals surface area contributed by atoms with Gasteiger partial charge in [0.1, 0.15) is 0 Å². The van der Waals surface area contributed by atoms with Gasteiger partial charge in [0.15, 0.2) is 11.6 Å². The highest BCUT2D eigenvalue weighted by atomic mass is 19.2. The summed E-state index contributed by atoms with van der Waals surface area (Å²) in [5.74, 6) is -2.30. The van der Waals surface area contributed by atoms with Gasteiger partial charge in [-0.25, -0.2) is 18.6 Å². The van der Waals surface area contributed by atoms with E-state index in [2.05, 4.69) is 4.98 Å². The summed E-state index contributed by atoms with van der Waals surface area (Å²) in [5.41, 5.74) is 3.88. The minimum Gasteiger partial charge on any atom is -0.465 e. The molecule has 0 bridgehead atoms. The molecular weight excluding hydrogens is 436 g/mol. The number of hydrogen-bond acceptors (Lipinski definition) is 4. The number of aliphatic hydroxyl groups excluding tert-OH is 1. The summed E-state index contributed by atoms with van der Waals surface area (Å²) in [6, 6.07) is 20.4. The fraction of sp³-hybridized carbons (Fsp3) is 0.143. The monoisotopic (exact) mass is 459 g/mol. The Balaban J connectivity index is 1.45. The standard InChI is InChI=1S/C28H23F2NO3/c1-34-28(33)23-8-3-2-7-22(23)27(32)14-10-19-6-4-5-18(15-19)9-12-21-13-11-20-16-24(29)25(30)17-26(20)31-21/h2-9,11-13,15-17,27,32H,10,14H2,1H3/b12-9+/t27-/m0/s1. The third-order valence-electron chi connectivity index (χ3n) is 5.58. The van der Waals surface area contributed by atoms with Crippen molar-refractivity contribution in [2.45, 2.75) is 18.9 Å². The van der Waals surface area contributed by atoms with Crippen molar-refractivity contribution >= 4 is 29.0 Å². The number of methoxy groups -OCH3 is 1. The van der Waals surface area contributed by atoms with E-state index < -0.39 is 23.7 Å². The van der Waals surface area contributed by atoms with E-state index in [1.807, 2.05) is 30.3 Å². The first kappa shape index (κ1) is 23.3. The number of esters is 1. The molecule has 0 fully saturated rings. The van der Waals surface area contributed by atoms with E-state index in [-0.39, 0.29) is 0 Å². The predicted molar refractivity (Wildman–Crippen MR) is 128 cm³/mol. The first-order chi connectivity index (χ1) is 16.4. The number of ether oxygens (including phenoxy) is 1. The number of aromatic nitrogens is 1. The van der Waals surface area contributed by atoms with E-state index in [1.54, 1.807) is 42.5 Å². The zero-order valence-corrected chi connectivity index (χ0v) is 18.5. The lowest BCUT2D eigenvalue weighted by Crippen LogP contribution is -2.09. The number of carbonyl (C=O) groups is 1. The summed E-state index contributed by atoms with van der Waals surface area (Å²) in [5, 5.41) is 11.2. The van der Waals surface area contributed by atoms with Gasteiger partial charge in [0.2, 0.25) is 0 Å². The number of pyridine rings is 1. The number of fused-ring (bicyclic) bond motifs is 1. The molecular formula is C28H23F2NO3. The zero-order chi connectivity index (χ0) is 24.1. The molecule has 4 rings (SSSR count). The van der Waals surface area contributed by atoms with E-state index in [0.717, 1.165) is 23.3 Å². The maximum absolute atomic E-state index is 13.5. The third-order valence-corrected chi connectivity index (χ3v) is 5.58. The van der Waals surface area contributed by atoms with Gasteiger partial charge < -0.3 is 9.84 Å². The number of halogens is 2. The Morgan fingerprint density at radius 2 is 1.79 bits per heavy atom. The smallest absolute Gasteiger partial charge is 0.338 e. The SMILES string of the molecule is COC(=O)c1ccccc1[C@@H](O)CCc1cccc(/C=C/c2ccc3cc(F)c(F)cc3n2)c1. The maximum Gasteiger partial charge on any atom is 0.338 e. The van der Waals surface area contributed by atoms with Crippen molar-refractivity contribution in [3.05, 3.63) is 112 Å². The maximum atomic E-state index is 13.5. The second-order valence-electron chi connectivity index (χ2n) is 7.91. The third kappa shape index (κ3) is 5.35. The molecule has 3 aromatic carbocycles. The summed E-state index contributed by atoms with van der Waals surface area (Å²) in [4.78, 5) is 16.3. The number of carbonyl (C=O) groups excluding carboxylic acids is 1. The number of hydrogen-bond donors (Lipinski definition) is 1. The molecule has 1 aromatic heterocycles. The fourth-order valence-corrected chi connectivity index (χ4v) is 3.80. The van der Waals surface area contributed by atoms with E-state index in [0.29, 0.717) is 40.6 Å².